The minimum absolute atomic E-state index is 0. The first-order valence-electron chi connectivity index (χ1n) is 13.4. The molecule has 0 fully saturated rings. The van der Waals surface area contributed by atoms with Crippen LogP contribution in [0.1, 0.15) is 136 Å². The van der Waals surface area contributed by atoms with E-state index in [4.69, 9.17) is 0 Å². The summed E-state index contributed by atoms with van der Waals surface area (Å²) in [5, 5.41) is 0. The highest BCUT2D eigenvalue weighted by Gasteiger charge is 2.07. The van der Waals surface area contributed by atoms with Crippen LogP contribution in [0.4, 0.5) is 0 Å². The monoisotopic (exact) mass is 465 g/mol. The van der Waals surface area contributed by atoms with Crippen molar-refractivity contribution in [1.29, 1.82) is 0 Å². The highest BCUT2D eigenvalue weighted by atomic mass is 35.5. The smallest absolute Gasteiger partial charge is 0.0140 e. The Labute approximate surface area is 201 Å². The van der Waals surface area contributed by atoms with Gasteiger partial charge in [-0.05, 0) is 58.9 Å². The first kappa shape index (κ1) is 35.3. The summed E-state index contributed by atoms with van der Waals surface area (Å²) >= 11 is 0. The Morgan fingerprint density at radius 1 is 0.400 bits per heavy atom. The molecular formula is C27H61ClNP. The van der Waals surface area contributed by atoms with Gasteiger partial charge in [0.15, 0.2) is 0 Å². The van der Waals surface area contributed by atoms with Crippen molar-refractivity contribution in [1.82, 2.24) is 4.90 Å². The fourth-order valence-corrected chi connectivity index (χ4v) is 6.37. The Bertz CT molecular complexity index is 233. The second kappa shape index (κ2) is 31.9. The maximum atomic E-state index is 2.32. The molecule has 0 saturated carbocycles. The maximum absolute atomic E-state index is 2.32. The molecule has 30 heavy (non-hydrogen) atoms. The quantitative estimate of drug-likeness (QED) is 0.120. The number of unbranched alkanes of at least 4 members (excludes halogenated alkanes) is 15. The third-order valence-electron chi connectivity index (χ3n) is 5.48. The number of halogens is 1. The summed E-state index contributed by atoms with van der Waals surface area (Å²) in [7, 11) is 6.37. The Hall–Kier alpha value is 0.680. The standard InChI is InChI=1S/C24H51P.C3H9N.ClH/c1-4-7-10-13-16-19-22-25(23-20-17-14-11-8-5-2)24-21-18-15-12-9-6-3;1-4(2)3;/h4-24H2,1-3H3;1-3H3;1H. The average molecular weight is 466 g/mol. The molecule has 0 amide bonds. The molecule has 0 heterocycles. The van der Waals surface area contributed by atoms with Crippen LogP contribution in [0.5, 0.6) is 0 Å². The summed E-state index contributed by atoms with van der Waals surface area (Å²) < 4.78 is 0. The molecule has 0 bridgehead atoms. The minimum atomic E-state index is 0. The fraction of sp³-hybridized carbons (Fsp3) is 1.00. The van der Waals surface area contributed by atoms with Gasteiger partial charge >= 0.3 is 0 Å². The van der Waals surface area contributed by atoms with E-state index in [0.29, 0.717) is 7.92 Å². The van der Waals surface area contributed by atoms with Crippen LogP contribution >= 0.6 is 20.3 Å². The first-order chi connectivity index (χ1) is 14.1. The van der Waals surface area contributed by atoms with Crippen LogP contribution in [0.3, 0.4) is 0 Å². The molecule has 186 valence electrons. The molecule has 0 aromatic rings. The molecule has 0 aliphatic heterocycles. The van der Waals surface area contributed by atoms with Crippen LogP contribution in [-0.4, -0.2) is 44.5 Å². The van der Waals surface area contributed by atoms with Gasteiger partial charge in [-0.15, -0.1) is 20.3 Å². The van der Waals surface area contributed by atoms with Gasteiger partial charge in [0.2, 0.25) is 0 Å². The van der Waals surface area contributed by atoms with Crippen LogP contribution < -0.4 is 0 Å². The Morgan fingerprint density at radius 3 is 0.833 bits per heavy atom. The summed E-state index contributed by atoms with van der Waals surface area (Å²) in [6.07, 6.45) is 31.2. The largest absolute Gasteiger partial charge is 0.312 e. The van der Waals surface area contributed by atoms with Crippen molar-refractivity contribution in [2.75, 3.05) is 39.6 Å². The van der Waals surface area contributed by atoms with Gasteiger partial charge in [0.05, 0.1) is 0 Å². The highest BCUT2D eigenvalue weighted by molar-refractivity contribution is 7.57. The van der Waals surface area contributed by atoms with Gasteiger partial charge in [-0.1, -0.05) is 117 Å². The van der Waals surface area contributed by atoms with E-state index in [1.807, 2.05) is 26.0 Å². The molecule has 0 aromatic heterocycles. The predicted octanol–water partition coefficient (Wildman–Crippen LogP) is 10.1. The van der Waals surface area contributed by atoms with Crippen LogP contribution in [0, 0.1) is 0 Å². The van der Waals surface area contributed by atoms with Crippen molar-refractivity contribution >= 4 is 20.3 Å². The number of hydrogen-bond acceptors (Lipinski definition) is 1. The van der Waals surface area contributed by atoms with Crippen LogP contribution in [0.25, 0.3) is 0 Å². The number of nitrogens with zero attached hydrogens (tertiary/aromatic N) is 1. The van der Waals surface area contributed by atoms with E-state index in [9.17, 15) is 0 Å². The molecule has 0 atom stereocenters. The Kier molecular flexibility index (Phi) is 37.5. The van der Waals surface area contributed by atoms with E-state index < -0.39 is 0 Å². The van der Waals surface area contributed by atoms with Crippen LogP contribution in [0.2, 0.25) is 0 Å². The Morgan fingerprint density at radius 2 is 0.600 bits per heavy atom. The van der Waals surface area contributed by atoms with E-state index >= 15 is 0 Å². The van der Waals surface area contributed by atoms with Crippen molar-refractivity contribution in [3.8, 4) is 0 Å². The highest BCUT2D eigenvalue weighted by Crippen LogP contribution is 2.39. The first-order valence-corrected chi connectivity index (χ1v) is 15.3. The van der Waals surface area contributed by atoms with Gasteiger partial charge in [0.1, 0.15) is 0 Å². The lowest BCUT2D eigenvalue weighted by Crippen LogP contribution is -1.99. The van der Waals surface area contributed by atoms with Crippen molar-refractivity contribution in [3.05, 3.63) is 0 Å². The lowest BCUT2D eigenvalue weighted by atomic mass is 10.1. The van der Waals surface area contributed by atoms with E-state index in [-0.39, 0.29) is 12.4 Å². The average Bonchev–Trinajstić information content (AvgIpc) is 2.68. The number of rotatable bonds is 21. The predicted molar refractivity (Wildman–Crippen MR) is 149 cm³/mol. The fourth-order valence-electron chi connectivity index (χ4n) is 3.68. The molecule has 1 nitrogen and oxygen atoms in total. The summed E-state index contributed by atoms with van der Waals surface area (Å²) in [5.74, 6) is 0. The zero-order valence-corrected chi connectivity index (χ0v) is 23.9. The van der Waals surface area contributed by atoms with E-state index in [1.165, 1.54) is 116 Å². The van der Waals surface area contributed by atoms with Gasteiger partial charge in [0.25, 0.3) is 0 Å². The summed E-state index contributed by atoms with van der Waals surface area (Å²) in [6.45, 7) is 6.96. The molecule has 0 aliphatic rings. The van der Waals surface area contributed by atoms with Gasteiger partial charge in [-0.25, -0.2) is 0 Å². The summed E-state index contributed by atoms with van der Waals surface area (Å²) in [5.41, 5.74) is 0. The zero-order chi connectivity index (χ0) is 22.0. The third-order valence-corrected chi connectivity index (χ3v) is 8.33. The van der Waals surface area contributed by atoms with E-state index in [2.05, 4.69) is 20.8 Å². The SMILES string of the molecule is CCCCCCCCP(CCCCCCCC)CCCCCCCC.CN(C)C.Cl. The molecule has 0 spiro atoms. The Balaban J connectivity index is -0.00000133. The van der Waals surface area contributed by atoms with Crippen molar-refractivity contribution in [2.45, 2.75) is 136 Å². The minimum Gasteiger partial charge on any atom is -0.312 e. The van der Waals surface area contributed by atoms with E-state index in [1.54, 1.807) is 18.5 Å². The molecule has 0 saturated heterocycles. The lowest BCUT2D eigenvalue weighted by molar-refractivity contribution is 0.505. The lowest BCUT2D eigenvalue weighted by Gasteiger charge is -2.18. The summed E-state index contributed by atoms with van der Waals surface area (Å²) in [6, 6.07) is 0. The molecule has 0 unspecified atom stereocenters. The zero-order valence-electron chi connectivity index (χ0n) is 22.2. The molecule has 0 radical (unpaired) electrons. The van der Waals surface area contributed by atoms with Crippen molar-refractivity contribution < 1.29 is 0 Å². The molecule has 3 heteroatoms. The van der Waals surface area contributed by atoms with Gasteiger partial charge in [0, 0.05) is 0 Å². The molecule has 0 N–H and O–H groups in total. The van der Waals surface area contributed by atoms with Crippen molar-refractivity contribution in [3.63, 3.8) is 0 Å². The second-order valence-electron chi connectivity index (χ2n) is 9.49. The summed E-state index contributed by atoms with van der Waals surface area (Å²) in [4.78, 5) is 2.00. The van der Waals surface area contributed by atoms with Gasteiger partial charge in [-0.2, -0.15) is 0 Å². The van der Waals surface area contributed by atoms with Crippen LogP contribution in [0.15, 0.2) is 0 Å². The normalized spacial score (nSPS) is 10.8. The molecule has 0 aromatic carbocycles. The second-order valence-corrected chi connectivity index (χ2v) is 12.2. The molecular weight excluding hydrogens is 405 g/mol. The topological polar surface area (TPSA) is 3.24 Å². The van der Waals surface area contributed by atoms with Crippen molar-refractivity contribution in [2.24, 2.45) is 0 Å². The van der Waals surface area contributed by atoms with Crippen LogP contribution in [-0.2, 0) is 0 Å². The molecule has 0 rings (SSSR count). The maximum Gasteiger partial charge on any atom is -0.0140 e. The van der Waals surface area contributed by atoms with E-state index in [0.717, 1.165) is 0 Å². The number of hydrogen-bond donors (Lipinski definition) is 0. The third kappa shape index (κ3) is 36.1. The van der Waals surface area contributed by atoms with Gasteiger partial charge < -0.3 is 4.90 Å². The molecule has 0 aliphatic carbocycles. The van der Waals surface area contributed by atoms with Gasteiger partial charge in [-0.3, -0.25) is 0 Å².